The van der Waals surface area contributed by atoms with Gasteiger partial charge in [0.15, 0.2) is 6.61 Å². The van der Waals surface area contributed by atoms with E-state index in [1.807, 2.05) is 54.6 Å². The Balaban J connectivity index is 1.85. The van der Waals surface area contributed by atoms with E-state index in [9.17, 15) is 4.79 Å². The van der Waals surface area contributed by atoms with E-state index >= 15 is 0 Å². The second-order valence-electron chi connectivity index (χ2n) is 4.39. The molecule has 0 aliphatic rings. The maximum absolute atomic E-state index is 11.7. The van der Waals surface area contributed by atoms with Crippen LogP contribution in [-0.2, 0) is 11.2 Å². The van der Waals surface area contributed by atoms with Crippen molar-refractivity contribution in [1.29, 1.82) is 0 Å². The zero-order valence-corrected chi connectivity index (χ0v) is 11.2. The minimum atomic E-state index is -0.180. The van der Waals surface area contributed by atoms with Crippen molar-refractivity contribution in [3.8, 4) is 5.75 Å². The minimum absolute atomic E-state index is 0.0129. The molecule has 0 bridgehead atoms. The number of anilines is 1. The van der Waals surface area contributed by atoms with Crippen molar-refractivity contribution in [3.05, 3.63) is 60.2 Å². The average molecular weight is 270 g/mol. The van der Waals surface area contributed by atoms with Crippen LogP contribution in [0.15, 0.2) is 54.6 Å². The molecule has 20 heavy (non-hydrogen) atoms. The van der Waals surface area contributed by atoms with Crippen LogP contribution in [0.3, 0.4) is 0 Å². The Bertz CT molecular complexity index is 555. The third-order valence-corrected chi connectivity index (χ3v) is 2.76. The monoisotopic (exact) mass is 270 g/mol. The summed E-state index contributed by atoms with van der Waals surface area (Å²) in [4.78, 5) is 11.7. The summed E-state index contributed by atoms with van der Waals surface area (Å²) in [6.07, 6.45) is 0.799. The van der Waals surface area contributed by atoms with Crippen molar-refractivity contribution in [3.63, 3.8) is 0 Å². The van der Waals surface area contributed by atoms with Gasteiger partial charge in [-0.25, -0.2) is 0 Å². The van der Waals surface area contributed by atoms with E-state index in [0.29, 0.717) is 12.3 Å². The van der Waals surface area contributed by atoms with Crippen LogP contribution < -0.4 is 15.8 Å². The number of para-hydroxylation sites is 1. The molecule has 0 atom stereocenters. The molecular formula is C16H18N2O2. The number of carbonyl (C=O) groups is 1. The maximum atomic E-state index is 11.7. The van der Waals surface area contributed by atoms with E-state index in [2.05, 4.69) is 5.32 Å². The Labute approximate surface area is 118 Å². The van der Waals surface area contributed by atoms with E-state index in [-0.39, 0.29) is 12.5 Å². The van der Waals surface area contributed by atoms with Gasteiger partial charge >= 0.3 is 0 Å². The lowest BCUT2D eigenvalue weighted by molar-refractivity contribution is -0.118. The molecule has 3 N–H and O–H groups in total. The Morgan fingerprint density at radius 2 is 1.90 bits per heavy atom. The van der Waals surface area contributed by atoms with Crippen LogP contribution in [0.4, 0.5) is 5.69 Å². The zero-order chi connectivity index (χ0) is 14.2. The van der Waals surface area contributed by atoms with Gasteiger partial charge in [0.2, 0.25) is 0 Å². The van der Waals surface area contributed by atoms with Crippen molar-refractivity contribution in [2.45, 2.75) is 6.42 Å². The first-order chi connectivity index (χ1) is 9.78. The smallest absolute Gasteiger partial charge is 0.262 e. The standard InChI is InChI=1S/C16H18N2O2/c17-10-9-13-5-4-8-15(11-13)20-12-16(19)18-14-6-2-1-3-7-14/h1-8,11H,9-10,12,17H2,(H,18,19). The average Bonchev–Trinajstić information content (AvgIpc) is 2.47. The topological polar surface area (TPSA) is 64.3 Å². The fourth-order valence-electron chi connectivity index (χ4n) is 1.82. The normalized spacial score (nSPS) is 10.1. The summed E-state index contributed by atoms with van der Waals surface area (Å²) >= 11 is 0. The molecule has 0 saturated heterocycles. The van der Waals surface area contributed by atoms with E-state index in [0.717, 1.165) is 17.7 Å². The minimum Gasteiger partial charge on any atom is -0.484 e. The Morgan fingerprint density at radius 1 is 1.10 bits per heavy atom. The molecule has 2 aromatic rings. The van der Waals surface area contributed by atoms with Gasteiger partial charge in [-0.2, -0.15) is 0 Å². The summed E-state index contributed by atoms with van der Waals surface area (Å²) in [5.41, 5.74) is 7.38. The van der Waals surface area contributed by atoms with Crippen molar-refractivity contribution >= 4 is 11.6 Å². The predicted octanol–water partition coefficient (Wildman–Crippen LogP) is 2.21. The van der Waals surface area contributed by atoms with Gasteiger partial charge in [-0.3, -0.25) is 4.79 Å². The highest BCUT2D eigenvalue weighted by Gasteiger charge is 2.03. The summed E-state index contributed by atoms with van der Waals surface area (Å²) in [6.45, 7) is 0.582. The number of hydrogen-bond acceptors (Lipinski definition) is 3. The molecule has 2 rings (SSSR count). The molecule has 4 heteroatoms. The van der Waals surface area contributed by atoms with Crippen LogP contribution in [0.2, 0.25) is 0 Å². The highest BCUT2D eigenvalue weighted by molar-refractivity contribution is 5.91. The third-order valence-electron chi connectivity index (χ3n) is 2.76. The molecule has 0 saturated carbocycles. The second kappa shape index (κ2) is 7.31. The summed E-state index contributed by atoms with van der Waals surface area (Å²) < 4.78 is 5.47. The molecule has 0 aliphatic carbocycles. The number of benzene rings is 2. The molecule has 0 aliphatic heterocycles. The number of rotatable bonds is 6. The molecule has 4 nitrogen and oxygen atoms in total. The molecule has 0 unspecified atom stereocenters. The molecule has 0 aromatic heterocycles. The number of nitrogens with one attached hydrogen (secondary N) is 1. The summed E-state index contributed by atoms with van der Waals surface area (Å²) in [5, 5.41) is 2.77. The second-order valence-corrected chi connectivity index (χ2v) is 4.39. The Hall–Kier alpha value is -2.33. The lowest BCUT2D eigenvalue weighted by Crippen LogP contribution is -2.20. The number of carbonyl (C=O) groups excluding carboxylic acids is 1. The van der Waals surface area contributed by atoms with Crippen LogP contribution in [0.25, 0.3) is 0 Å². The first-order valence-electron chi connectivity index (χ1n) is 6.54. The van der Waals surface area contributed by atoms with Gasteiger partial charge in [-0.1, -0.05) is 30.3 Å². The Kier molecular flexibility index (Phi) is 5.15. The maximum Gasteiger partial charge on any atom is 0.262 e. The molecule has 104 valence electrons. The van der Waals surface area contributed by atoms with Gasteiger partial charge in [-0.05, 0) is 42.8 Å². The molecule has 2 aromatic carbocycles. The number of ether oxygens (including phenoxy) is 1. The lowest BCUT2D eigenvalue weighted by Gasteiger charge is -2.08. The summed E-state index contributed by atoms with van der Waals surface area (Å²) in [5.74, 6) is 0.500. The van der Waals surface area contributed by atoms with Crippen molar-refractivity contribution in [2.75, 3.05) is 18.5 Å². The van der Waals surface area contributed by atoms with Crippen LogP contribution in [0.5, 0.6) is 5.75 Å². The predicted molar refractivity (Wildman–Crippen MR) is 79.8 cm³/mol. The van der Waals surface area contributed by atoms with Gasteiger partial charge in [0, 0.05) is 5.69 Å². The number of nitrogens with two attached hydrogens (primary N) is 1. The van der Waals surface area contributed by atoms with Crippen molar-refractivity contribution < 1.29 is 9.53 Å². The highest BCUT2D eigenvalue weighted by Crippen LogP contribution is 2.13. The van der Waals surface area contributed by atoms with Gasteiger partial charge in [0.05, 0.1) is 0 Å². The molecule has 0 spiro atoms. The van der Waals surface area contributed by atoms with Gasteiger partial charge in [-0.15, -0.1) is 0 Å². The summed E-state index contributed by atoms with van der Waals surface area (Å²) in [6, 6.07) is 16.9. The van der Waals surface area contributed by atoms with Crippen molar-refractivity contribution in [2.24, 2.45) is 5.73 Å². The first-order valence-corrected chi connectivity index (χ1v) is 6.54. The molecule has 0 heterocycles. The van der Waals surface area contributed by atoms with Crippen molar-refractivity contribution in [1.82, 2.24) is 0 Å². The first kappa shape index (κ1) is 14.1. The van der Waals surface area contributed by atoms with Crippen LogP contribution in [0.1, 0.15) is 5.56 Å². The SMILES string of the molecule is NCCc1cccc(OCC(=O)Nc2ccccc2)c1. The molecular weight excluding hydrogens is 252 g/mol. The quantitative estimate of drug-likeness (QED) is 0.845. The third kappa shape index (κ3) is 4.40. The Morgan fingerprint density at radius 3 is 2.65 bits per heavy atom. The van der Waals surface area contributed by atoms with Gasteiger partial charge < -0.3 is 15.8 Å². The molecule has 0 radical (unpaired) electrons. The van der Waals surface area contributed by atoms with E-state index in [1.165, 1.54) is 0 Å². The molecule has 0 fully saturated rings. The van der Waals surface area contributed by atoms with Gasteiger partial charge in [0.25, 0.3) is 5.91 Å². The highest BCUT2D eigenvalue weighted by atomic mass is 16.5. The van der Waals surface area contributed by atoms with E-state index < -0.39 is 0 Å². The van der Waals surface area contributed by atoms with Crippen LogP contribution in [0, 0.1) is 0 Å². The fraction of sp³-hybridized carbons (Fsp3) is 0.188. The zero-order valence-electron chi connectivity index (χ0n) is 11.2. The van der Waals surface area contributed by atoms with Crippen LogP contribution >= 0.6 is 0 Å². The van der Waals surface area contributed by atoms with Crippen LogP contribution in [-0.4, -0.2) is 19.1 Å². The fourth-order valence-corrected chi connectivity index (χ4v) is 1.82. The van der Waals surface area contributed by atoms with E-state index in [4.69, 9.17) is 10.5 Å². The largest absolute Gasteiger partial charge is 0.484 e. The number of hydrogen-bond donors (Lipinski definition) is 2. The molecule has 1 amide bonds. The lowest BCUT2D eigenvalue weighted by atomic mass is 10.1. The van der Waals surface area contributed by atoms with Gasteiger partial charge in [0.1, 0.15) is 5.75 Å². The van der Waals surface area contributed by atoms with E-state index in [1.54, 1.807) is 0 Å². The summed E-state index contributed by atoms with van der Waals surface area (Å²) in [7, 11) is 0. The number of amides is 1.